The second-order valence-electron chi connectivity index (χ2n) is 8.00. The summed E-state index contributed by atoms with van der Waals surface area (Å²) in [5.74, 6) is -6.29. The van der Waals surface area contributed by atoms with Gasteiger partial charge in [-0.25, -0.2) is 22.0 Å². The van der Waals surface area contributed by atoms with Gasteiger partial charge < -0.3 is 9.84 Å². The van der Waals surface area contributed by atoms with Crippen LogP contribution in [0.4, 0.5) is 22.0 Å². The first kappa shape index (κ1) is 23.0. The lowest BCUT2D eigenvalue weighted by Gasteiger charge is -2.15. The number of hydrogen-bond acceptors (Lipinski definition) is 2. The fraction of sp³-hybridized carbons (Fsp3) is 0.231. The van der Waals surface area contributed by atoms with E-state index in [1.54, 1.807) is 6.08 Å². The van der Waals surface area contributed by atoms with E-state index in [4.69, 9.17) is 4.74 Å². The third kappa shape index (κ3) is 4.64. The zero-order valence-corrected chi connectivity index (χ0v) is 17.8. The number of halogens is 5. The molecule has 7 heteroatoms. The molecule has 3 aromatic rings. The van der Waals surface area contributed by atoms with Gasteiger partial charge in [-0.2, -0.15) is 0 Å². The molecule has 1 aliphatic rings. The van der Waals surface area contributed by atoms with E-state index < -0.39 is 41.1 Å². The zero-order valence-electron chi connectivity index (χ0n) is 17.8. The van der Waals surface area contributed by atoms with E-state index >= 15 is 4.39 Å². The summed E-state index contributed by atoms with van der Waals surface area (Å²) < 4.78 is 74.8. The predicted molar refractivity (Wildman–Crippen MR) is 115 cm³/mol. The maximum atomic E-state index is 15.2. The van der Waals surface area contributed by atoms with Crippen LogP contribution in [-0.2, 0) is 6.42 Å². The number of fused-ring (bicyclic) bond motifs is 1. The van der Waals surface area contributed by atoms with Crippen molar-refractivity contribution in [2.45, 2.75) is 38.9 Å². The summed E-state index contributed by atoms with van der Waals surface area (Å²) in [6.07, 6.45) is 3.53. The van der Waals surface area contributed by atoms with Gasteiger partial charge in [-0.05, 0) is 36.5 Å². The molecule has 0 radical (unpaired) electrons. The minimum absolute atomic E-state index is 0.174. The lowest BCUT2D eigenvalue weighted by Crippen LogP contribution is -2.07. The van der Waals surface area contributed by atoms with E-state index in [2.05, 4.69) is 6.92 Å². The van der Waals surface area contributed by atoms with E-state index in [1.807, 2.05) is 0 Å². The molecule has 0 aromatic heterocycles. The van der Waals surface area contributed by atoms with Gasteiger partial charge in [-0.3, -0.25) is 0 Å². The predicted octanol–water partition coefficient (Wildman–Crippen LogP) is 7.25. The van der Waals surface area contributed by atoms with Crippen molar-refractivity contribution >= 4 is 6.08 Å². The molecule has 33 heavy (non-hydrogen) atoms. The largest absolute Gasteiger partial charge is 0.461 e. The van der Waals surface area contributed by atoms with Gasteiger partial charge in [-0.1, -0.05) is 49.3 Å². The average Bonchev–Trinajstić information content (AvgIpc) is 3.19. The maximum Gasteiger partial charge on any atom is 0.224 e. The Balaban J connectivity index is 1.57. The standard InChI is InChI=1S/C26H21F5O2/c1-2-3-4-14-9-17-11-20(27)23(24(30)19(17)10-14)15-5-7-16(8-6-15)26(32)33-18-12-21(28)25(31)22(29)13-18/h5-8,10-13,26,32H,2-4,9H2,1H3. The molecule has 1 N–H and O–H groups in total. The molecule has 3 aromatic carbocycles. The summed E-state index contributed by atoms with van der Waals surface area (Å²) in [7, 11) is 0. The molecule has 0 amide bonds. The monoisotopic (exact) mass is 460 g/mol. The van der Waals surface area contributed by atoms with Crippen molar-refractivity contribution in [3.63, 3.8) is 0 Å². The second kappa shape index (κ2) is 9.35. The number of aliphatic hydroxyl groups is 1. The normalized spacial score (nSPS) is 13.6. The molecule has 0 heterocycles. The van der Waals surface area contributed by atoms with E-state index in [1.165, 1.54) is 30.3 Å². The molecular formula is C26H21F5O2. The van der Waals surface area contributed by atoms with Gasteiger partial charge in [0.15, 0.2) is 17.5 Å². The van der Waals surface area contributed by atoms with Crippen LogP contribution in [0.5, 0.6) is 5.75 Å². The number of aliphatic hydroxyl groups excluding tert-OH is 1. The topological polar surface area (TPSA) is 29.5 Å². The molecular weight excluding hydrogens is 439 g/mol. The Kier molecular flexibility index (Phi) is 6.51. The molecule has 172 valence electrons. The van der Waals surface area contributed by atoms with Crippen LogP contribution >= 0.6 is 0 Å². The minimum atomic E-state index is -1.65. The van der Waals surface area contributed by atoms with Crippen LogP contribution in [0.25, 0.3) is 17.2 Å². The van der Waals surface area contributed by atoms with Crippen molar-refractivity contribution < 1.29 is 31.8 Å². The summed E-state index contributed by atoms with van der Waals surface area (Å²) in [6.45, 7) is 2.07. The first-order chi connectivity index (χ1) is 15.8. The molecule has 1 aliphatic carbocycles. The summed E-state index contributed by atoms with van der Waals surface area (Å²) in [5, 5.41) is 10.2. The van der Waals surface area contributed by atoms with Crippen molar-refractivity contribution in [3.8, 4) is 16.9 Å². The summed E-state index contributed by atoms with van der Waals surface area (Å²) >= 11 is 0. The van der Waals surface area contributed by atoms with Crippen LogP contribution in [0.15, 0.2) is 48.0 Å². The molecule has 0 bridgehead atoms. The molecule has 2 nitrogen and oxygen atoms in total. The Bertz CT molecular complexity index is 1200. The van der Waals surface area contributed by atoms with Crippen LogP contribution in [0.2, 0.25) is 0 Å². The number of benzene rings is 3. The third-order valence-electron chi connectivity index (χ3n) is 5.65. The van der Waals surface area contributed by atoms with Crippen LogP contribution in [0.1, 0.15) is 49.2 Å². The average molecular weight is 460 g/mol. The summed E-state index contributed by atoms with van der Waals surface area (Å²) in [4.78, 5) is 0. The van der Waals surface area contributed by atoms with E-state index in [0.29, 0.717) is 29.7 Å². The molecule has 0 spiro atoms. The molecule has 0 saturated carbocycles. The number of unbranched alkanes of at least 4 members (excludes halogenated alkanes) is 1. The van der Waals surface area contributed by atoms with Gasteiger partial charge in [0.1, 0.15) is 17.4 Å². The maximum absolute atomic E-state index is 15.2. The first-order valence-electron chi connectivity index (χ1n) is 10.6. The first-order valence-corrected chi connectivity index (χ1v) is 10.6. The van der Waals surface area contributed by atoms with Crippen molar-refractivity contribution in [2.24, 2.45) is 0 Å². The summed E-state index contributed by atoms with van der Waals surface area (Å²) in [5.41, 5.74) is 2.35. The zero-order chi connectivity index (χ0) is 23.7. The minimum Gasteiger partial charge on any atom is -0.461 e. The van der Waals surface area contributed by atoms with Gasteiger partial charge in [0.25, 0.3) is 0 Å². The van der Waals surface area contributed by atoms with Crippen LogP contribution in [-0.4, -0.2) is 5.11 Å². The van der Waals surface area contributed by atoms with E-state index in [0.717, 1.165) is 24.8 Å². The van der Waals surface area contributed by atoms with E-state index in [9.17, 15) is 22.7 Å². The highest BCUT2D eigenvalue weighted by atomic mass is 19.2. The highest BCUT2D eigenvalue weighted by Crippen LogP contribution is 2.37. The van der Waals surface area contributed by atoms with Gasteiger partial charge >= 0.3 is 0 Å². The Morgan fingerprint density at radius 3 is 2.21 bits per heavy atom. The van der Waals surface area contributed by atoms with Gasteiger partial charge in [0.2, 0.25) is 6.29 Å². The third-order valence-corrected chi connectivity index (χ3v) is 5.65. The lowest BCUT2D eigenvalue weighted by molar-refractivity contribution is -0.0199. The summed E-state index contributed by atoms with van der Waals surface area (Å²) in [6, 6.07) is 8.15. The molecule has 1 unspecified atom stereocenters. The number of allylic oxidation sites excluding steroid dienone is 1. The van der Waals surface area contributed by atoms with Gasteiger partial charge in [0, 0.05) is 23.3 Å². The highest BCUT2D eigenvalue weighted by molar-refractivity contribution is 5.74. The quantitative estimate of drug-likeness (QED) is 0.229. The fourth-order valence-electron chi connectivity index (χ4n) is 3.93. The number of hydrogen-bond donors (Lipinski definition) is 1. The van der Waals surface area contributed by atoms with Gasteiger partial charge in [-0.15, -0.1) is 0 Å². The molecule has 0 saturated heterocycles. The van der Waals surface area contributed by atoms with Crippen molar-refractivity contribution in [3.05, 3.63) is 93.8 Å². The Morgan fingerprint density at radius 1 is 0.909 bits per heavy atom. The van der Waals surface area contributed by atoms with E-state index in [-0.39, 0.29) is 16.7 Å². The van der Waals surface area contributed by atoms with Crippen LogP contribution in [0.3, 0.4) is 0 Å². The SMILES string of the molecule is CCCCC1=Cc2c(cc(F)c(-c3ccc(C(O)Oc4cc(F)c(F)c(F)c4)cc3)c2F)C1. The fourth-order valence-corrected chi connectivity index (χ4v) is 3.93. The number of ether oxygens (including phenoxy) is 1. The smallest absolute Gasteiger partial charge is 0.224 e. The molecule has 4 rings (SSSR count). The Labute approximate surface area is 188 Å². The van der Waals surface area contributed by atoms with Crippen LogP contribution < -0.4 is 4.74 Å². The lowest BCUT2D eigenvalue weighted by atomic mass is 9.97. The van der Waals surface area contributed by atoms with Gasteiger partial charge in [0.05, 0.1) is 5.56 Å². The highest BCUT2D eigenvalue weighted by Gasteiger charge is 2.23. The molecule has 0 fully saturated rings. The molecule has 0 aliphatic heterocycles. The number of rotatable bonds is 7. The second-order valence-corrected chi connectivity index (χ2v) is 8.00. The Morgan fingerprint density at radius 2 is 1.58 bits per heavy atom. The molecule has 1 atom stereocenters. The van der Waals surface area contributed by atoms with Crippen molar-refractivity contribution in [1.29, 1.82) is 0 Å². The van der Waals surface area contributed by atoms with Crippen molar-refractivity contribution in [2.75, 3.05) is 0 Å². The van der Waals surface area contributed by atoms with Crippen LogP contribution in [0, 0.1) is 29.1 Å². The van der Waals surface area contributed by atoms with Crippen molar-refractivity contribution in [1.82, 2.24) is 0 Å². The Hall–Kier alpha value is -3.19.